The van der Waals surface area contributed by atoms with Crippen LogP contribution in [0.4, 0.5) is 0 Å². The highest BCUT2D eigenvalue weighted by Crippen LogP contribution is 2.19. The highest BCUT2D eigenvalue weighted by molar-refractivity contribution is 5.32. The van der Waals surface area contributed by atoms with Gasteiger partial charge in [-0.05, 0) is 24.7 Å². The summed E-state index contributed by atoms with van der Waals surface area (Å²) in [7, 11) is 1.90. The monoisotopic (exact) mass is 301 g/mol. The molecule has 2 rings (SSSR count). The van der Waals surface area contributed by atoms with E-state index < -0.39 is 0 Å². The summed E-state index contributed by atoms with van der Waals surface area (Å²) in [6.07, 6.45) is 0. The van der Waals surface area contributed by atoms with Crippen LogP contribution in [0.2, 0.25) is 0 Å². The van der Waals surface area contributed by atoms with Gasteiger partial charge >= 0.3 is 0 Å². The van der Waals surface area contributed by atoms with Crippen molar-refractivity contribution in [2.45, 2.75) is 6.61 Å². The zero-order valence-electron chi connectivity index (χ0n) is 13.0. The Balaban J connectivity index is 1.65. The molecule has 0 aliphatic rings. The van der Waals surface area contributed by atoms with E-state index in [9.17, 15) is 0 Å². The van der Waals surface area contributed by atoms with Crippen LogP contribution in [0, 0.1) is 0 Å². The van der Waals surface area contributed by atoms with Crippen molar-refractivity contribution in [2.75, 3.05) is 33.4 Å². The molecule has 0 spiro atoms. The molecule has 4 heteroatoms. The van der Waals surface area contributed by atoms with Gasteiger partial charge < -0.3 is 19.5 Å². The van der Waals surface area contributed by atoms with Gasteiger partial charge in [-0.2, -0.15) is 0 Å². The van der Waals surface area contributed by atoms with E-state index >= 15 is 0 Å². The van der Waals surface area contributed by atoms with Crippen molar-refractivity contribution in [3.05, 3.63) is 60.2 Å². The Hall–Kier alpha value is -2.04. The van der Waals surface area contributed by atoms with E-state index in [1.165, 1.54) is 5.56 Å². The molecule has 1 N–H and O–H groups in total. The van der Waals surface area contributed by atoms with Gasteiger partial charge in [0.05, 0.1) is 13.2 Å². The third kappa shape index (κ3) is 6.16. The van der Waals surface area contributed by atoms with E-state index in [-0.39, 0.29) is 0 Å². The van der Waals surface area contributed by atoms with Crippen molar-refractivity contribution < 1.29 is 14.2 Å². The molecule has 0 heterocycles. The summed E-state index contributed by atoms with van der Waals surface area (Å²) in [6.45, 7) is 3.14. The number of rotatable bonds is 10. The highest BCUT2D eigenvalue weighted by atomic mass is 16.5. The minimum absolute atomic E-state index is 0.521. The quantitative estimate of drug-likeness (QED) is 0.685. The second kappa shape index (κ2) is 9.82. The van der Waals surface area contributed by atoms with Crippen LogP contribution in [0.15, 0.2) is 54.6 Å². The van der Waals surface area contributed by atoms with Gasteiger partial charge in [-0.3, -0.25) is 0 Å². The van der Waals surface area contributed by atoms with E-state index in [4.69, 9.17) is 14.2 Å². The van der Waals surface area contributed by atoms with E-state index in [0.29, 0.717) is 26.4 Å². The lowest BCUT2D eigenvalue weighted by Gasteiger charge is -2.10. The Kier molecular flexibility index (Phi) is 7.29. The molecule has 0 aliphatic carbocycles. The lowest BCUT2D eigenvalue weighted by atomic mass is 10.2. The molecule has 0 unspecified atom stereocenters. The normalized spacial score (nSPS) is 10.4. The van der Waals surface area contributed by atoms with Crippen molar-refractivity contribution in [3.8, 4) is 11.5 Å². The summed E-state index contributed by atoms with van der Waals surface area (Å²) in [5.41, 5.74) is 1.17. The van der Waals surface area contributed by atoms with Crippen molar-refractivity contribution in [3.63, 3.8) is 0 Å². The highest BCUT2D eigenvalue weighted by Gasteiger charge is 1.98. The van der Waals surface area contributed by atoms with Crippen molar-refractivity contribution in [1.82, 2.24) is 5.32 Å². The van der Waals surface area contributed by atoms with Crippen LogP contribution in [0.5, 0.6) is 11.5 Å². The van der Waals surface area contributed by atoms with Gasteiger partial charge in [0, 0.05) is 12.6 Å². The molecule has 0 saturated carbocycles. The van der Waals surface area contributed by atoms with Gasteiger partial charge in [0.25, 0.3) is 0 Å². The summed E-state index contributed by atoms with van der Waals surface area (Å²) in [5.74, 6) is 1.61. The summed E-state index contributed by atoms with van der Waals surface area (Å²) in [4.78, 5) is 0. The van der Waals surface area contributed by atoms with Crippen LogP contribution >= 0.6 is 0 Å². The third-order valence-corrected chi connectivity index (χ3v) is 3.03. The fourth-order valence-electron chi connectivity index (χ4n) is 1.91. The molecule has 4 nitrogen and oxygen atoms in total. The smallest absolute Gasteiger partial charge is 0.123 e. The Bertz CT molecular complexity index is 531. The minimum Gasteiger partial charge on any atom is -0.492 e. The predicted octanol–water partition coefficient (Wildman–Crippen LogP) is 2.88. The van der Waals surface area contributed by atoms with Crippen molar-refractivity contribution in [2.24, 2.45) is 0 Å². The number of benzene rings is 2. The van der Waals surface area contributed by atoms with E-state index in [0.717, 1.165) is 18.0 Å². The largest absolute Gasteiger partial charge is 0.492 e. The van der Waals surface area contributed by atoms with Gasteiger partial charge in [0.1, 0.15) is 24.7 Å². The van der Waals surface area contributed by atoms with Crippen LogP contribution in [0.25, 0.3) is 0 Å². The molecular formula is C18H23NO3. The number of ether oxygens (including phenoxy) is 3. The number of likely N-dealkylation sites (N-methyl/N-ethyl adjacent to an activating group) is 1. The number of nitrogens with one attached hydrogen (secondary N) is 1. The zero-order valence-corrected chi connectivity index (χ0v) is 13.0. The topological polar surface area (TPSA) is 39.7 Å². The average molecular weight is 301 g/mol. The van der Waals surface area contributed by atoms with Gasteiger partial charge in [0.2, 0.25) is 0 Å². The summed E-state index contributed by atoms with van der Waals surface area (Å²) in [6, 6.07) is 17.8. The number of hydrogen-bond acceptors (Lipinski definition) is 4. The third-order valence-electron chi connectivity index (χ3n) is 3.03. The Morgan fingerprint density at radius 1 is 0.818 bits per heavy atom. The van der Waals surface area contributed by atoms with Gasteiger partial charge in [-0.1, -0.05) is 36.4 Å². The maximum absolute atomic E-state index is 5.67. The molecule has 0 aliphatic heterocycles. The first-order valence-electron chi connectivity index (χ1n) is 7.50. The second-order valence-corrected chi connectivity index (χ2v) is 4.81. The molecule has 0 bridgehead atoms. The molecule has 0 atom stereocenters. The molecule has 0 saturated heterocycles. The molecule has 2 aromatic carbocycles. The van der Waals surface area contributed by atoms with Crippen molar-refractivity contribution >= 4 is 0 Å². The Morgan fingerprint density at radius 3 is 2.27 bits per heavy atom. The fourth-order valence-corrected chi connectivity index (χ4v) is 1.91. The van der Waals surface area contributed by atoms with Crippen LogP contribution in [-0.2, 0) is 11.3 Å². The lowest BCUT2D eigenvalue weighted by Crippen LogP contribution is -2.15. The zero-order chi connectivity index (χ0) is 15.5. The van der Waals surface area contributed by atoms with Gasteiger partial charge in [-0.25, -0.2) is 0 Å². The Labute approximate surface area is 132 Å². The standard InChI is InChI=1S/C18H23NO3/c1-19-10-11-21-17-8-5-9-18(14-17)22-13-12-20-15-16-6-3-2-4-7-16/h2-9,14,19H,10-13,15H2,1H3. The fraction of sp³-hybridized carbons (Fsp3) is 0.333. The minimum atomic E-state index is 0.521. The first-order valence-corrected chi connectivity index (χ1v) is 7.50. The molecular weight excluding hydrogens is 278 g/mol. The first-order chi connectivity index (χ1) is 10.9. The predicted molar refractivity (Wildman–Crippen MR) is 87.5 cm³/mol. The molecule has 0 fully saturated rings. The summed E-state index contributed by atoms with van der Waals surface area (Å²) < 4.78 is 16.9. The first kappa shape index (κ1) is 16.3. The van der Waals surface area contributed by atoms with Crippen LogP contribution in [-0.4, -0.2) is 33.4 Å². The van der Waals surface area contributed by atoms with Crippen LogP contribution in [0.3, 0.4) is 0 Å². The molecule has 0 radical (unpaired) electrons. The number of hydrogen-bond donors (Lipinski definition) is 1. The molecule has 0 aromatic heterocycles. The summed E-state index contributed by atoms with van der Waals surface area (Å²) >= 11 is 0. The maximum atomic E-state index is 5.67. The SMILES string of the molecule is CNCCOc1cccc(OCCOCc2ccccc2)c1. The van der Waals surface area contributed by atoms with E-state index in [1.54, 1.807) is 0 Å². The maximum Gasteiger partial charge on any atom is 0.123 e. The van der Waals surface area contributed by atoms with E-state index in [2.05, 4.69) is 5.32 Å². The van der Waals surface area contributed by atoms with Gasteiger partial charge in [-0.15, -0.1) is 0 Å². The molecule has 22 heavy (non-hydrogen) atoms. The lowest BCUT2D eigenvalue weighted by molar-refractivity contribution is 0.0888. The average Bonchev–Trinajstić information content (AvgIpc) is 2.56. The molecule has 0 amide bonds. The van der Waals surface area contributed by atoms with E-state index in [1.807, 2.05) is 61.6 Å². The molecule has 118 valence electrons. The molecule has 2 aromatic rings. The Morgan fingerprint density at radius 2 is 1.55 bits per heavy atom. The van der Waals surface area contributed by atoms with Crippen molar-refractivity contribution in [1.29, 1.82) is 0 Å². The van der Waals surface area contributed by atoms with Gasteiger partial charge in [0.15, 0.2) is 0 Å². The van der Waals surface area contributed by atoms with Crippen LogP contribution in [0.1, 0.15) is 5.56 Å². The second-order valence-electron chi connectivity index (χ2n) is 4.81. The summed E-state index contributed by atoms with van der Waals surface area (Å²) in [5, 5.41) is 3.04. The van der Waals surface area contributed by atoms with Crippen LogP contribution < -0.4 is 14.8 Å².